The van der Waals surface area contributed by atoms with Crippen molar-refractivity contribution >= 4 is 27.2 Å². The zero-order valence-electron chi connectivity index (χ0n) is 14.4. The van der Waals surface area contributed by atoms with Gasteiger partial charge in [-0.25, -0.2) is 13.1 Å². The van der Waals surface area contributed by atoms with Crippen LogP contribution in [0.5, 0.6) is 0 Å². The second-order valence-corrected chi connectivity index (χ2v) is 10.0. The Bertz CT molecular complexity index is 830. The molecule has 1 saturated heterocycles. The predicted octanol–water partition coefficient (Wildman–Crippen LogP) is 2.86. The van der Waals surface area contributed by atoms with Crippen LogP contribution in [0.25, 0.3) is 0 Å². The maximum atomic E-state index is 12.5. The summed E-state index contributed by atoms with van der Waals surface area (Å²) in [5.74, 6) is 1.67. The highest BCUT2D eigenvalue weighted by molar-refractivity contribution is 7.91. The van der Waals surface area contributed by atoms with Gasteiger partial charge in [0.2, 0.25) is 10.0 Å². The van der Waals surface area contributed by atoms with E-state index >= 15 is 0 Å². The molecule has 2 aromatic heterocycles. The van der Waals surface area contributed by atoms with Gasteiger partial charge in [0.1, 0.15) is 4.21 Å². The minimum atomic E-state index is -3.40. The fourth-order valence-corrected chi connectivity index (χ4v) is 5.90. The topological polar surface area (TPSA) is 78.1 Å². The predicted molar refractivity (Wildman–Crippen MR) is 99.8 cm³/mol. The minimum Gasteiger partial charge on any atom is -0.355 e. The molecule has 0 aromatic carbocycles. The van der Waals surface area contributed by atoms with Gasteiger partial charge in [-0.2, -0.15) is 5.10 Å². The Labute approximate surface area is 152 Å². The summed E-state index contributed by atoms with van der Waals surface area (Å²) in [5.41, 5.74) is 1.24. The van der Waals surface area contributed by atoms with Crippen LogP contribution in [0.4, 0.5) is 5.82 Å². The van der Waals surface area contributed by atoms with Gasteiger partial charge in [0.15, 0.2) is 5.82 Å². The number of nitrogens with one attached hydrogen (secondary N) is 2. The zero-order chi connectivity index (χ0) is 17.4. The molecule has 2 fully saturated rings. The number of rotatable bonds is 6. The first-order valence-corrected chi connectivity index (χ1v) is 11.3. The molecule has 0 atom stereocenters. The first-order chi connectivity index (χ1) is 12.0. The first-order valence-electron chi connectivity index (χ1n) is 8.96. The Morgan fingerprint density at radius 3 is 2.68 bits per heavy atom. The summed E-state index contributed by atoms with van der Waals surface area (Å²) < 4.78 is 28.4. The summed E-state index contributed by atoms with van der Waals surface area (Å²) in [7, 11) is -3.40. The number of aryl methyl sites for hydroxylation is 1. The van der Waals surface area contributed by atoms with E-state index in [0.29, 0.717) is 10.1 Å². The normalized spacial score (nSPS) is 19.5. The number of piperidine rings is 1. The highest BCUT2D eigenvalue weighted by Crippen LogP contribution is 2.40. The lowest BCUT2D eigenvalue weighted by Crippen LogP contribution is -2.44. The molecule has 4 rings (SSSR count). The van der Waals surface area contributed by atoms with Crippen LogP contribution in [-0.4, -0.2) is 37.7 Å². The Morgan fingerprint density at radius 2 is 2.04 bits per heavy atom. The summed E-state index contributed by atoms with van der Waals surface area (Å²) in [6, 6.07) is 5.76. The lowest BCUT2D eigenvalue weighted by molar-refractivity contribution is 0.459. The molecule has 0 unspecified atom stereocenters. The maximum Gasteiger partial charge on any atom is 0.250 e. The minimum absolute atomic E-state index is 0.00438. The molecular weight excluding hydrogens is 356 g/mol. The van der Waals surface area contributed by atoms with Gasteiger partial charge in [0.25, 0.3) is 0 Å². The second-order valence-electron chi connectivity index (χ2n) is 6.91. The molecule has 0 spiro atoms. The van der Waals surface area contributed by atoms with Crippen molar-refractivity contribution in [3.63, 3.8) is 0 Å². The van der Waals surface area contributed by atoms with Crippen molar-refractivity contribution in [3.05, 3.63) is 28.8 Å². The summed E-state index contributed by atoms with van der Waals surface area (Å²) >= 11 is 1.36. The monoisotopic (exact) mass is 380 g/mol. The number of hydrogen-bond donors (Lipinski definition) is 2. The fourth-order valence-electron chi connectivity index (χ4n) is 3.29. The van der Waals surface area contributed by atoms with Crippen LogP contribution in [0.3, 0.4) is 0 Å². The van der Waals surface area contributed by atoms with Crippen molar-refractivity contribution in [1.29, 1.82) is 0 Å². The van der Waals surface area contributed by atoms with E-state index in [1.54, 1.807) is 6.07 Å². The van der Waals surface area contributed by atoms with Crippen LogP contribution in [0.15, 0.2) is 22.4 Å². The third kappa shape index (κ3) is 3.75. The van der Waals surface area contributed by atoms with Crippen molar-refractivity contribution in [2.24, 2.45) is 0 Å². The molecule has 0 bridgehead atoms. The smallest absolute Gasteiger partial charge is 0.250 e. The van der Waals surface area contributed by atoms with E-state index < -0.39 is 10.0 Å². The molecule has 6 nitrogen and oxygen atoms in total. The van der Waals surface area contributed by atoms with Gasteiger partial charge < -0.3 is 4.90 Å². The lowest BCUT2D eigenvalue weighted by atomic mass is 10.1. The SMILES string of the molecule is CCc1ccc(S(=O)(=O)NC2CCN(c3cc(C4CC4)[nH]n3)CC2)s1. The third-order valence-corrected chi connectivity index (χ3v) is 8.23. The van der Waals surface area contributed by atoms with Crippen LogP contribution in [0.1, 0.15) is 49.1 Å². The van der Waals surface area contributed by atoms with E-state index in [-0.39, 0.29) is 6.04 Å². The van der Waals surface area contributed by atoms with E-state index in [1.165, 1.54) is 29.9 Å². The standard InChI is InChI=1S/C17H24N4O2S2/c1-2-14-5-6-17(24-14)25(22,23)20-13-7-9-21(10-8-13)16-11-15(18-19-16)12-3-4-12/h5-6,11-13,20H,2-4,7-10H2,1H3,(H,18,19). The fraction of sp³-hybridized carbons (Fsp3) is 0.588. The molecule has 1 aliphatic carbocycles. The Balaban J connectivity index is 1.34. The number of aromatic nitrogens is 2. The van der Waals surface area contributed by atoms with Crippen molar-refractivity contribution in [2.45, 2.75) is 55.2 Å². The van der Waals surface area contributed by atoms with Crippen molar-refractivity contribution in [1.82, 2.24) is 14.9 Å². The van der Waals surface area contributed by atoms with Gasteiger partial charge in [0, 0.05) is 41.7 Å². The average molecular weight is 381 g/mol. The number of nitrogens with zero attached hydrogens (tertiary/aromatic N) is 2. The van der Waals surface area contributed by atoms with Crippen LogP contribution in [0, 0.1) is 0 Å². The van der Waals surface area contributed by atoms with Gasteiger partial charge in [-0.15, -0.1) is 11.3 Å². The van der Waals surface area contributed by atoms with E-state index in [2.05, 4.69) is 25.9 Å². The summed E-state index contributed by atoms with van der Waals surface area (Å²) in [6.45, 7) is 3.69. The molecule has 2 aromatic rings. The van der Waals surface area contributed by atoms with E-state index in [1.807, 2.05) is 13.0 Å². The van der Waals surface area contributed by atoms with Gasteiger partial charge >= 0.3 is 0 Å². The number of anilines is 1. The number of H-pyrrole nitrogens is 1. The van der Waals surface area contributed by atoms with Crippen LogP contribution in [0.2, 0.25) is 0 Å². The van der Waals surface area contributed by atoms with E-state index in [9.17, 15) is 8.42 Å². The average Bonchev–Trinajstić information content (AvgIpc) is 3.13. The van der Waals surface area contributed by atoms with Gasteiger partial charge in [0.05, 0.1) is 0 Å². The maximum absolute atomic E-state index is 12.5. The molecule has 1 aliphatic heterocycles. The molecule has 25 heavy (non-hydrogen) atoms. The molecule has 8 heteroatoms. The quantitative estimate of drug-likeness (QED) is 0.808. The van der Waals surface area contributed by atoms with Crippen LogP contribution < -0.4 is 9.62 Å². The summed E-state index contributed by atoms with van der Waals surface area (Å²) in [4.78, 5) is 3.34. The molecule has 2 N–H and O–H groups in total. The first kappa shape index (κ1) is 17.1. The molecule has 0 radical (unpaired) electrons. The summed E-state index contributed by atoms with van der Waals surface area (Å²) in [5, 5.41) is 7.57. The van der Waals surface area contributed by atoms with Crippen molar-refractivity contribution < 1.29 is 8.42 Å². The Morgan fingerprint density at radius 1 is 1.28 bits per heavy atom. The van der Waals surface area contributed by atoms with E-state index in [4.69, 9.17) is 0 Å². The molecule has 136 valence electrons. The van der Waals surface area contributed by atoms with Crippen molar-refractivity contribution in [2.75, 3.05) is 18.0 Å². The highest BCUT2D eigenvalue weighted by atomic mass is 32.2. The Kier molecular flexibility index (Phi) is 4.59. The van der Waals surface area contributed by atoms with Crippen LogP contribution in [-0.2, 0) is 16.4 Å². The lowest BCUT2D eigenvalue weighted by Gasteiger charge is -2.32. The third-order valence-electron chi connectivity index (χ3n) is 4.99. The number of aromatic amines is 1. The summed E-state index contributed by atoms with van der Waals surface area (Å²) in [6.07, 6.45) is 4.99. The zero-order valence-corrected chi connectivity index (χ0v) is 16.0. The van der Waals surface area contributed by atoms with E-state index in [0.717, 1.165) is 43.0 Å². The second kappa shape index (κ2) is 6.74. The molecule has 3 heterocycles. The van der Waals surface area contributed by atoms with Crippen molar-refractivity contribution in [3.8, 4) is 0 Å². The molecular formula is C17H24N4O2S2. The van der Waals surface area contributed by atoms with Gasteiger partial charge in [-0.05, 0) is 44.2 Å². The Hall–Kier alpha value is -1.38. The number of hydrogen-bond acceptors (Lipinski definition) is 5. The van der Waals surface area contributed by atoms with Gasteiger partial charge in [-0.3, -0.25) is 5.10 Å². The number of sulfonamides is 1. The van der Waals surface area contributed by atoms with Crippen LogP contribution >= 0.6 is 11.3 Å². The number of thiophene rings is 1. The largest absolute Gasteiger partial charge is 0.355 e. The molecule has 2 aliphatic rings. The molecule has 0 amide bonds. The highest BCUT2D eigenvalue weighted by Gasteiger charge is 2.29. The van der Waals surface area contributed by atoms with Gasteiger partial charge in [-0.1, -0.05) is 6.92 Å². The molecule has 1 saturated carbocycles.